The monoisotopic (exact) mass is 281 g/mol. The van der Waals surface area contributed by atoms with E-state index in [0.717, 1.165) is 0 Å². The van der Waals surface area contributed by atoms with Gasteiger partial charge in [0.05, 0.1) is 17.1 Å². The normalized spacial score (nSPS) is 10.2. The van der Waals surface area contributed by atoms with Crippen LogP contribution >= 0.6 is 0 Å². The second-order valence-electron chi connectivity index (χ2n) is 4.46. The zero-order valence-corrected chi connectivity index (χ0v) is 11.9. The van der Waals surface area contributed by atoms with Crippen LogP contribution in [0.25, 0.3) is 0 Å². The summed E-state index contributed by atoms with van der Waals surface area (Å²) in [7, 11) is 3.53. The van der Waals surface area contributed by atoms with Crippen LogP contribution in [-0.4, -0.2) is 54.6 Å². The van der Waals surface area contributed by atoms with Gasteiger partial charge in [-0.15, -0.1) is 0 Å². The Labute approximate surface area is 117 Å². The van der Waals surface area contributed by atoms with Crippen LogP contribution < -0.4 is 4.90 Å². The van der Waals surface area contributed by atoms with E-state index in [1.54, 1.807) is 32.0 Å². The lowest BCUT2D eigenvalue weighted by Gasteiger charge is -2.23. The first kappa shape index (κ1) is 15.9. The summed E-state index contributed by atoms with van der Waals surface area (Å²) in [6.45, 7) is 2.27. The van der Waals surface area contributed by atoms with Gasteiger partial charge in [-0.25, -0.2) is 0 Å². The molecule has 0 saturated carbocycles. The fraction of sp³-hybridized carbons (Fsp3) is 0.462. The molecular weight excluding hydrogens is 262 g/mol. The molecule has 0 fully saturated rings. The average Bonchev–Trinajstić information content (AvgIpc) is 2.43. The number of hydrogen-bond donors (Lipinski definition) is 1. The van der Waals surface area contributed by atoms with E-state index in [4.69, 9.17) is 5.11 Å². The number of nitro benzene ring substituents is 1. The molecule has 0 heterocycles. The summed E-state index contributed by atoms with van der Waals surface area (Å²) in [4.78, 5) is 25.9. The molecule has 0 aromatic heterocycles. The number of anilines is 1. The molecule has 7 heteroatoms. The quantitative estimate of drug-likeness (QED) is 0.623. The Hall–Kier alpha value is -2.15. The van der Waals surface area contributed by atoms with Crippen LogP contribution in [0.4, 0.5) is 11.4 Å². The summed E-state index contributed by atoms with van der Waals surface area (Å²) in [5.74, 6) is -0.325. The number of non-ortho nitro benzene ring substituents is 1. The Balaban J connectivity index is 3.27. The van der Waals surface area contributed by atoms with Crippen molar-refractivity contribution in [3.63, 3.8) is 0 Å². The predicted molar refractivity (Wildman–Crippen MR) is 76.1 cm³/mol. The number of nitro groups is 1. The van der Waals surface area contributed by atoms with Gasteiger partial charge in [-0.1, -0.05) is 0 Å². The first-order chi connectivity index (χ1) is 9.42. The van der Waals surface area contributed by atoms with Gasteiger partial charge in [-0.05, 0) is 13.0 Å². The number of carbonyl (C=O) groups is 1. The van der Waals surface area contributed by atoms with Crippen molar-refractivity contribution < 1.29 is 14.8 Å². The molecule has 110 valence electrons. The molecule has 0 aliphatic carbocycles. The zero-order chi connectivity index (χ0) is 15.3. The first-order valence-corrected chi connectivity index (χ1v) is 6.28. The van der Waals surface area contributed by atoms with Crippen LogP contribution in [0.1, 0.15) is 17.3 Å². The maximum Gasteiger partial charge on any atom is 0.270 e. The van der Waals surface area contributed by atoms with Crippen LogP contribution in [-0.2, 0) is 0 Å². The molecule has 7 nitrogen and oxygen atoms in total. The molecule has 0 unspecified atom stereocenters. The number of benzene rings is 1. The largest absolute Gasteiger partial charge is 0.395 e. The molecule has 1 aromatic carbocycles. The average molecular weight is 281 g/mol. The van der Waals surface area contributed by atoms with Gasteiger partial charge < -0.3 is 14.9 Å². The van der Waals surface area contributed by atoms with Crippen LogP contribution in [0.15, 0.2) is 18.2 Å². The zero-order valence-electron chi connectivity index (χ0n) is 11.9. The van der Waals surface area contributed by atoms with E-state index in [1.165, 1.54) is 17.0 Å². The lowest BCUT2D eigenvalue weighted by Crippen LogP contribution is -2.34. The molecule has 1 N–H and O–H groups in total. The summed E-state index contributed by atoms with van der Waals surface area (Å²) in [6.07, 6.45) is 0. The fourth-order valence-electron chi connectivity index (χ4n) is 1.89. The molecule has 1 amide bonds. The Morgan fingerprint density at radius 3 is 2.50 bits per heavy atom. The van der Waals surface area contributed by atoms with Crippen LogP contribution in [0.3, 0.4) is 0 Å². The van der Waals surface area contributed by atoms with Crippen LogP contribution in [0, 0.1) is 10.1 Å². The van der Waals surface area contributed by atoms with Crippen molar-refractivity contribution >= 4 is 17.3 Å². The van der Waals surface area contributed by atoms with E-state index in [2.05, 4.69) is 0 Å². The maximum absolute atomic E-state index is 12.4. The minimum atomic E-state index is -0.529. The minimum absolute atomic E-state index is 0.126. The van der Waals surface area contributed by atoms with Crippen molar-refractivity contribution in [1.29, 1.82) is 0 Å². The number of aliphatic hydroxyl groups is 1. The number of nitrogens with zero attached hydrogens (tertiary/aromatic N) is 3. The summed E-state index contributed by atoms with van der Waals surface area (Å²) >= 11 is 0. The third-order valence-electron chi connectivity index (χ3n) is 2.94. The van der Waals surface area contributed by atoms with Crippen molar-refractivity contribution in [1.82, 2.24) is 4.90 Å². The maximum atomic E-state index is 12.4. The number of aliphatic hydroxyl groups excluding tert-OH is 1. The van der Waals surface area contributed by atoms with E-state index in [1.807, 2.05) is 0 Å². The molecule has 0 spiro atoms. The van der Waals surface area contributed by atoms with Crippen molar-refractivity contribution in [3.8, 4) is 0 Å². The highest BCUT2D eigenvalue weighted by Crippen LogP contribution is 2.25. The number of likely N-dealkylation sites (N-methyl/N-ethyl adjacent to an activating group) is 1. The standard InChI is InChI=1S/C13H19N3O4/c1-4-15(7-8-17)13(18)11-9-10(16(19)20)5-6-12(11)14(2)3/h5-6,9,17H,4,7-8H2,1-3H3. The van der Waals surface area contributed by atoms with Gasteiger partial charge in [0.2, 0.25) is 0 Å². The minimum Gasteiger partial charge on any atom is -0.395 e. The van der Waals surface area contributed by atoms with Crippen molar-refractivity contribution in [2.24, 2.45) is 0 Å². The second-order valence-corrected chi connectivity index (χ2v) is 4.46. The fourth-order valence-corrected chi connectivity index (χ4v) is 1.89. The van der Waals surface area contributed by atoms with Gasteiger partial charge in [-0.2, -0.15) is 0 Å². The van der Waals surface area contributed by atoms with Crippen molar-refractivity contribution in [2.75, 3.05) is 38.7 Å². The van der Waals surface area contributed by atoms with E-state index in [9.17, 15) is 14.9 Å². The molecule has 0 radical (unpaired) electrons. The highest BCUT2D eigenvalue weighted by atomic mass is 16.6. The third kappa shape index (κ3) is 3.45. The molecule has 20 heavy (non-hydrogen) atoms. The molecule has 1 rings (SSSR count). The molecule has 0 aliphatic rings. The Morgan fingerprint density at radius 1 is 1.40 bits per heavy atom. The first-order valence-electron chi connectivity index (χ1n) is 6.28. The summed E-state index contributed by atoms with van der Waals surface area (Å²) in [5.41, 5.74) is 0.746. The number of carbonyl (C=O) groups excluding carboxylic acids is 1. The second kappa shape index (κ2) is 6.85. The van der Waals surface area contributed by atoms with Gasteiger partial charge in [0, 0.05) is 45.0 Å². The predicted octanol–water partition coefficient (Wildman–Crippen LogP) is 1.12. The molecule has 0 saturated heterocycles. The summed E-state index contributed by atoms with van der Waals surface area (Å²) in [6, 6.07) is 4.20. The Kier molecular flexibility index (Phi) is 5.45. The smallest absolute Gasteiger partial charge is 0.270 e. The van der Waals surface area contributed by atoms with E-state index in [0.29, 0.717) is 12.2 Å². The molecule has 0 atom stereocenters. The Bertz CT molecular complexity index is 502. The van der Waals surface area contributed by atoms with E-state index >= 15 is 0 Å². The van der Waals surface area contributed by atoms with Crippen molar-refractivity contribution in [2.45, 2.75) is 6.92 Å². The topological polar surface area (TPSA) is 86.9 Å². The van der Waals surface area contributed by atoms with Crippen LogP contribution in [0.2, 0.25) is 0 Å². The van der Waals surface area contributed by atoms with E-state index in [-0.39, 0.29) is 30.3 Å². The van der Waals surface area contributed by atoms with Gasteiger partial charge in [-0.3, -0.25) is 14.9 Å². The number of rotatable bonds is 6. The van der Waals surface area contributed by atoms with Gasteiger partial charge in [0.25, 0.3) is 11.6 Å². The molecule has 0 aliphatic heterocycles. The van der Waals surface area contributed by atoms with Gasteiger partial charge in [0.1, 0.15) is 0 Å². The van der Waals surface area contributed by atoms with Gasteiger partial charge >= 0.3 is 0 Å². The highest BCUT2D eigenvalue weighted by molar-refractivity contribution is 6.00. The summed E-state index contributed by atoms with van der Waals surface area (Å²) < 4.78 is 0. The third-order valence-corrected chi connectivity index (χ3v) is 2.94. The molecular formula is C13H19N3O4. The van der Waals surface area contributed by atoms with Crippen molar-refractivity contribution in [3.05, 3.63) is 33.9 Å². The van der Waals surface area contributed by atoms with E-state index < -0.39 is 4.92 Å². The van der Waals surface area contributed by atoms with Crippen LogP contribution in [0.5, 0.6) is 0 Å². The molecule has 0 bridgehead atoms. The highest BCUT2D eigenvalue weighted by Gasteiger charge is 2.21. The Morgan fingerprint density at radius 2 is 2.05 bits per heavy atom. The SMILES string of the molecule is CCN(CCO)C(=O)c1cc([N+](=O)[O-])ccc1N(C)C. The summed E-state index contributed by atoms with van der Waals surface area (Å²) in [5, 5.41) is 19.8. The van der Waals surface area contributed by atoms with Gasteiger partial charge in [0.15, 0.2) is 0 Å². The lowest BCUT2D eigenvalue weighted by molar-refractivity contribution is -0.384. The lowest BCUT2D eigenvalue weighted by atomic mass is 10.1. The molecule has 1 aromatic rings. The number of hydrogen-bond acceptors (Lipinski definition) is 5. The number of amides is 1.